The molecule has 3 aromatic rings. The van der Waals surface area contributed by atoms with Crippen LogP contribution in [0.15, 0.2) is 54.0 Å². The van der Waals surface area contributed by atoms with Gasteiger partial charge >= 0.3 is 0 Å². The number of rotatable bonds is 7. The van der Waals surface area contributed by atoms with Gasteiger partial charge in [0, 0.05) is 22.8 Å². The molecule has 0 saturated heterocycles. The van der Waals surface area contributed by atoms with E-state index in [0.29, 0.717) is 20.6 Å². The molecule has 3 rings (SSSR count). The molecule has 1 N–H and O–H groups in total. The molecule has 0 aliphatic rings. The van der Waals surface area contributed by atoms with Gasteiger partial charge in [-0.2, -0.15) is 5.26 Å². The first-order chi connectivity index (χ1) is 13.6. The van der Waals surface area contributed by atoms with Crippen LogP contribution in [0, 0.1) is 11.3 Å². The molecule has 0 aliphatic heterocycles. The smallest absolute Gasteiger partial charge is 0.136 e. The number of hydrogen-bond donors (Lipinski definition) is 1. The molecule has 1 aromatic heterocycles. The Morgan fingerprint density at radius 3 is 2.64 bits per heavy atom. The molecule has 0 aliphatic carbocycles. The molecule has 0 radical (unpaired) electrons. The van der Waals surface area contributed by atoms with Crippen molar-refractivity contribution in [3.63, 3.8) is 0 Å². The lowest BCUT2D eigenvalue weighted by Crippen LogP contribution is -1.92. The lowest BCUT2D eigenvalue weighted by atomic mass is 10.1. The van der Waals surface area contributed by atoms with E-state index < -0.39 is 0 Å². The Kier molecular flexibility index (Phi) is 7.11. The van der Waals surface area contributed by atoms with Gasteiger partial charge in [-0.25, -0.2) is 4.98 Å². The second kappa shape index (κ2) is 9.75. The molecule has 0 unspecified atom stereocenters. The molecule has 3 nitrogen and oxygen atoms in total. The Morgan fingerprint density at radius 1 is 1.18 bits per heavy atom. The predicted molar refractivity (Wildman–Crippen MR) is 120 cm³/mol. The number of nitrogens with one attached hydrogen (secondary N) is 1. The highest BCUT2D eigenvalue weighted by molar-refractivity contribution is 7.11. The fourth-order valence-corrected chi connectivity index (χ4v) is 3.72. The largest absolute Gasteiger partial charge is 0.360 e. The van der Waals surface area contributed by atoms with E-state index in [9.17, 15) is 5.26 Å². The highest BCUT2D eigenvalue weighted by atomic mass is 35.5. The summed E-state index contributed by atoms with van der Waals surface area (Å²) in [5.41, 5.74) is 4.37. The number of halogens is 2. The minimum absolute atomic E-state index is 0.478. The zero-order valence-corrected chi connectivity index (χ0v) is 17.7. The highest BCUT2D eigenvalue weighted by Gasteiger charge is 2.10. The zero-order valence-electron chi connectivity index (χ0n) is 15.4. The van der Waals surface area contributed by atoms with Gasteiger partial charge in [-0.05, 0) is 42.7 Å². The van der Waals surface area contributed by atoms with Crippen LogP contribution in [-0.4, -0.2) is 4.98 Å². The van der Waals surface area contributed by atoms with Gasteiger partial charge in [0.25, 0.3) is 0 Å². The number of hydrogen-bond acceptors (Lipinski definition) is 4. The van der Waals surface area contributed by atoms with Crippen LogP contribution >= 0.6 is 34.5 Å². The molecule has 0 fully saturated rings. The molecule has 142 valence electrons. The third-order valence-corrected chi connectivity index (χ3v) is 5.84. The summed E-state index contributed by atoms with van der Waals surface area (Å²) >= 11 is 13.5. The number of aryl methyl sites for hydroxylation is 1. The summed E-state index contributed by atoms with van der Waals surface area (Å²) in [6.07, 6.45) is 5.16. The van der Waals surface area contributed by atoms with Crippen molar-refractivity contribution in [2.75, 3.05) is 5.32 Å². The predicted octanol–water partition coefficient (Wildman–Crippen LogP) is 7.44. The highest BCUT2D eigenvalue weighted by Crippen LogP contribution is 2.30. The standard InChI is InChI=1S/C22H19Cl2N3S/c1-2-3-4-15-5-8-18(9-6-15)26-13-17(12-25)22-27-21(14-28-22)16-7-10-19(23)20(24)11-16/h5-11,13-14,26H,2-4H2,1H3/b17-13-. The first-order valence-electron chi connectivity index (χ1n) is 8.97. The van der Waals surface area contributed by atoms with E-state index in [-0.39, 0.29) is 0 Å². The molecular weight excluding hydrogens is 409 g/mol. The second-order valence-electron chi connectivity index (χ2n) is 6.28. The van der Waals surface area contributed by atoms with Gasteiger partial charge in [-0.1, -0.05) is 54.7 Å². The lowest BCUT2D eigenvalue weighted by molar-refractivity contribution is 0.795. The number of benzene rings is 2. The number of nitrogens with zero attached hydrogens (tertiary/aromatic N) is 2. The molecule has 0 atom stereocenters. The van der Waals surface area contributed by atoms with Gasteiger partial charge < -0.3 is 5.32 Å². The van der Waals surface area contributed by atoms with Crippen molar-refractivity contribution in [1.82, 2.24) is 4.98 Å². The monoisotopic (exact) mass is 427 g/mol. The van der Waals surface area contributed by atoms with Crippen molar-refractivity contribution in [3.05, 3.63) is 74.7 Å². The Balaban J connectivity index is 1.73. The van der Waals surface area contributed by atoms with E-state index in [2.05, 4.69) is 35.4 Å². The van der Waals surface area contributed by atoms with E-state index in [1.165, 1.54) is 29.7 Å². The summed E-state index contributed by atoms with van der Waals surface area (Å²) in [7, 11) is 0. The van der Waals surface area contributed by atoms with Crippen LogP contribution in [0.2, 0.25) is 10.0 Å². The Hall–Kier alpha value is -2.32. The number of thiazole rings is 1. The van der Waals surface area contributed by atoms with Gasteiger partial charge in [0.15, 0.2) is 0 Å². The van der Waals surface area contributed by atoms with E-state index in [1.54, 1.807) is 18.3 Å². The van der Waals surface area contributed by atoms with Gasteiger partial charge in [0.05, 0.1) is 15.7 Å². The molecule has 6 heteroatoms. The van der Waals surface area contributed by atoms with E-state index in [0.717, 1.165) is 23.4 Å². The van der Waals surface area contributed by atoms with E-state index in [1.807, 2.05) is 23.6 Å². The second-order valence-corrected chi connectivity index (χ2v) is 7.95. The third-order valence-electron chi connectivity index (χ3n) is 4.23. The third kappa shape index (κ3) is 5.14. The van der Waals surface area contributed by atoms with Crippen molar-refractivity contribution < 1.29 is 0 Å². The molecule has 28 heavy (non-hydrogen) atoms. The van der Waals surface area contributed by atoms with Crippen molar-refractivity contribution in [3.8, 4) is 17.3 Å². The van der Waals surface area contributed by atoms with Crippen LogP contribution in [0.1, 0.15) is 30.3 Å². The fourth-order valence-electron chi connectivity index (χ4n) is 2.63. The number of nitriles is 1. The minimum atomic E-state index is 0.478. The summed E-state index contributed by atoms with van der Waals surface area (Å²) in [5.74, 6) is 0. The number of allylic oxidation sites excluding steroid dienone is 1. The molecule has 0 saturated carbocycles. The van der Waals surface area contributed by atoms with Gasteiger partial charge in [-0.3, -0.25) is 0 Å². The van der Waals surface area contributed by atoms with Crippen molar-refractivity contribution in [1.29, 1.82) is 5.26 Å². The summed E-state index contributed by atoms with van der Waals surface area (Å²) in [4.78, 5) is 4.57. The van der Waals surface area contributed by atoms with Crippen LogP contribution in [0.3, 0.4) is 0 Å². The van der Waals surface area contributed by atoms with Gasteiger partial charge in [-0.15, -0.1) is 11.3 Å². The lowest BCUT2D eigenvalue weighted by Gasteiger charge is -2.04. The maximum absolute atomic E-state index is 9.53. The van der Waals surface area contributed by atoms with Crippen molar-refractivity contribution >= 4 is 45.8 Å². The average Bonchev–Trinajstić information content (AvgIpc) is 3.20. The molecule has 0 spiro atoms. The fraction of sp³-hybridized carbons (Fsp3) is 0.182. The van der Waals surface area contributed by atoms with Gasteiger partial charge in [0.1, 0.15) is 16.6 Å². The minimum Gasteiger partial charge on any atom is -0.360 e. The SMILES string of the molecule is CCCCc1ccc(N/C=C(/C#N)c2nc(-c3ccc(Cl)c(Cl)c3)cs2)cc1. The quantitative estimate of drug-likeness (QED) is 0.398. The van der Waals surface area contributed by atoms with Crippen LogP contribution in [-0.2, 0) is 6.42 Å². The van der Waals surface area contributed by atoms with E-state index >= 15 is 0 Å². The van der Waals surface area contributed by atoms with Gasteiger partial charge in [0.2, 0.25) is 0 Å². The molecule has 2 aromatic carbocycles. The van der Waals surface area contributed by atoms with E-state index in [4.69, 9.17) is 23.2 Å². The molecule has 0 amide bonds. The Morgan fingerprint density at radius 2 is 1.96 bits per heavy atom. The van der Waals surface area contributed by atoms with Crippen LogP contribution in [0.4, 0.5) is 5.69 Å². The summed E-state index contributed by atoms with van der Waals surface area (Å²) in [6.45, 7) is 2.19. The first kappa shape index (κ1) is 20.4. The van der Waals surface area contributed by atoms with Crippen molar-refractivity contribution in [2.24, 2.45) is 0 Å². The maximum atomic E-state index is 9.53. The summed E-state index contributed by atoms with van der Waals surface area (Å²) < 4.78 is 0. The van der Waals surface area contributed by atoms with Crippen LogP contribution < -0.4 is 5.32 Å². The van der Waals surface area contributed by atoms with Crippen LogP contribution in [0.5, 0.6) is 0 Å². The summed E-state index contributed by atoms with van der Waals surface area (Å²) in [5, 5.41) is 16.3. The number of unbranched alkanes of at least 4 members (excludes halogenated alkanes) is 1. The van der Waals surface area contributed by atoms with Crippen molar-refractivity contribution in [2.45, 2.75) is 26.2 Å². The molecule has 0 bridgehead atoms. The molecule has 1 heterocycles. The normalized spacial score (nSPS) is 11.3. The average molecular weight is 428 g/mol. The maximum Gasteiger partial charge on any atom is 0.136 e. The topological polar surface area (TPSA) is 48.7 Å². The Bertz CT molecular complexity index is 1020. The summed E-state index contributed by atoms with van der Waals surface area (Å²) in [6, 6.07) is 15.9. The van der Waals surface area contributed by atoms with Crippen LogP contribution in [0.25, 0.3) is 16.8 Å². The first-order valence-corrected chi connectivity index (χ1v) is 10.6. The zero-order chi connectivity index (χ0) is 19.9. The Labute approximate surface area is 179 Å². The molecular formula is C22H19Cl2N3S. The number of aromatic nitrogens is 1. The number of anilines is 1.